The molecule has 0 unspecified atom stereocenters. The molecule has 1 fully saturated rings. The van der Waals surface area contributed by atoms with Crippen molar-refractivity contribution in [2.24, 2.45) is 5.73 Å². The Morgan fingerprint density at radius 3 is 3.00 bits per heavy atom. The Kier molecular flexibility index (Phi) is 2.84. The lowest BCUT2D eigenvalue weighted by Gasteiger charge is -2.14. The Balaban J connectivity index is 2.31. The van der Waals surface area contributed by atoms with Crippen LogP contribution in [0.25, 0.3) is 0 Å². The number of methoxy groups -OCH3 is 1. The molecule has 1 amide bonds. The molecule has 4 heteroatoms. The van der Waals surface area contributed by atoms with E-state index in [4.69, 9.17) is 10.5 Å². The topological polar surface area (TPSA) is 55.6 Å². The van der Waals surface area contributed by atoms with Gasteiger partial charge in [-0.25, -0.2) is 0 Å². The Bertz CT molecular complexity index is 149. The lowest BCUT2D eigenvalue weighted by Crippen LogP contribution is -2.34. The number of carbonyl (C=O) groups excluding carboxylic acids is 1. The zero-order valence-corrected chi connectivity index (χ0v) is 6.75. The van der Waals surface area contributed by atoms with Crippen LogP contribution in [0.4, 0.5) is 0 Å². The first-order valence-corrected chi connectivity index (χ1v) is 3.76. The van der Waals surface area contributed by atoms with Crippen molar-refractivity contribution in [3.05, 3.63) is 0 Å². The summed E-state index contributed by atoms with van der Waals surface area (Å²) in [5.74, 6) is 0.0421. The summed E-state index contributed by atoms with van der Waals surface area (Å²) >= 11 is 0. The molecule has 11 heavy (non-hydrogen) atoms. The summed E-state index contributed by atoms with van der Waals surface area (Å²) in [4.78, 5) is 12.9. The van der Waals surface area contributed by atoms with Crippen LogP contribution in [0.15, 0.2) is 0 Å². The normalized spacial score (nSPS) is 24.2. The molecule has 2 N–H and O–H groups in total. The molecule has 0 bridgehead atoms. The number of hydrogen-bond donors (Lipinski definition) is 1. The first kappa shape index (κ1) is 8.49. The van der Waals surface area contributed by atoms with Gasteiger partial charge in [-0.3, -0.25) is 4.79 Å². The molecule has 1 aliphatic rings. The second-order valence-corrected chi connectivity index (χ2v) is 2.82. The lowest BCUT2D eigenvalue weighted by atomic mass is 10.3. The van der Waals surface area contributed by atoms with Gasteiger partial charge in [0.1, 0.15) is 6.61 Å². The van der Waals surface area contributed by atoms with Gasteiger partial charge in [0.25, 0.3) is 0 Å². The van der Waals surface area contributed by atoms with E-state index < -0.39 is 0 Å². The number of nitrogens with zero attached hydrogens (tertiary/aromatic N) is 1. The van der Waals surface area contributed by atoms with Gasteiger partial charge in [0.05, 0.1) is 0 Å². The molecule has 64 valence electrons. The van der Waals surface area contributed by atoms with Crippen LogP contribution >= 0.6 is 0 Å². The van der Waals surface area contributed by atoms with Gasteiger partial charge in [0.15, 0.2) is 0 Å². The molecule has 1 heterocycles. The smallest absolute Gasteiger partial charge is 0.248 e. The van der Waals surface area contributed by atoms with Crippen LogP contribution < -0.4 is 5.73 Å². The van der Waals surface area contributed by atoms with E-state index in [1.54, 1.807) is 4.90 Å². The number of rotatable bonds is 2. The van der Waals surface area contributed by atoms with E-state index in [0.717, 1.165) is 13.0 Å². The van der Waals surface area contributed by atoms with E-state index in [2.05, 4.69) is 0 Å². The van der Waals surface area contributed by atoms with Gasteiger partial charge in [-0.15, -0.1) is 0 Å². The van der Waals surface area contributed by atoms with Crippen molar-refractivity contribution in [1.29, 1.82) is 0 Å². The Morgan fingerprint density at radius 1 is 1.82 bits per heavy atom. The van der Waals surface area contributed by atoms with Crippen LogP contribution in [0.2, 0.25) is 0 Å². The molecular formula is C7H14N2O2. The van der Waals surface area contributed by atoms with Crippen LogP contribution in [0, 0.1) is 0 Å². The van der Waals surface area contributed by atoms with Gasteiger partial charge in [-0.05, 0) is 6.42 Å². The second-order valence-electron chi connectivity index (χ2n) is 2.82. The summed E-state index contributed by atoms with van der Waals surface area (Å²) in [6.45, 7) is 1.64. The Hall–Kier alpha value is -0.610. The van der Waals surface area contributed by atoms with Gasteiger partial charge in [0.2, 0.25) is 5.91 Å². The monoisotopic (exact) mass is 158 g/mol. The summed E-state index contributed by atoms with van der Waals surface area (Å²) < 4.78 is 4.72. The van der Waals surface area contributed by atoms with E-state index >= 15 is 0 Å². The molecule has 0 saturated carbocycles. The zero-order chi connectivity index (χ0) is 8.27. The number of amides is 1. The molecule has 0 aliphatic carbocycles. The SMILES string of the molecule is COCC(=O)N1CC[C@H](N)C1. The third kappa shape index (κ3) is 2.17. The Morgan fingerprint density at radius 2 is 2.55 bits per heavy atom. The van der Waals surface area contributed by atoms with E-state index in [-0.39, 0.29) is 18.6 Å². The molecule has 0 spiro atoms. The quantitative estimate of drug-likeness (QED) is 0.572. The number of nitrogens with two attached hydrogens (primary N) is 1. The van der Waals surface area contributed by atoms with E-state index in [0.29, 0.717) is 6.54 Å². The molecule has 0 aromatic heterocycles. The number of hydrogen-bond acceptors (Lipinski definition) is 3. The van der Waals surface area contributed by atoms with Crippen molar-refractivity contribution < 1.29 is 9.53 Å². The van der Waals surface area contributed by atoms with E-state index in [9.17, 15) is 4.79 Å². The van der Waals surface area contributed by atoms with Crippen LogP contribution in [-0.2, 0) is 9.53 Å². The van der Waals surface area contributed by atoms with Crippen LogP contribution in [0.5, 0.6) is 0 Å². The maximum atomic E-state index is 11.1. The minimum absolute atomic E-state index is 0.0421. The molecule has 1 saturated heterocycles. The molecule has 0 aromatic rings. The molecule has 4 nitrogen and oxygen atoms in total. The highest BCUT2D eigenvalue weighted by atomic mass is 16.5. The molecule has 0 aromatic carbocycles. The van der Waals surface area contributed by atoms with E-state index in [1.165, 1.54) is 7.11 Å². The summed E-state index contributed by atoms with van der Waals surface area (Å²) in [6, 6.07) is 0.163. The van der Waals surface area contributed by atoms with Crippen molar-refractivity contribution in [3.8, 4) is 0 Å². The van der Waals surface area contributed by atoms with Crippen LogP contribution in [-0.4, -0.2) is 43.7 Å². The predicted molar refractivity (Wildman–Crippen MR) is 41.0 cm³/mol. The minimum atomic E-state index is 0.0421. The van der Waals surface area contributed by atoms with E-state index in [1.807, 2.05) is 0 Å². The summed E-state index contributed by atoms with van der Waals surface area (Å²) in [5, 5.41) is 0. The fourth-order valence-corrected chi connectivity index (χ4v) is 1.23. The minimum Gasteiger partial charge on any atom is -0.375 e. The summed E-state index contributed by atoms with van der Waals surface area (Å²) in [6.07, 6.45) is 0.912. The molecule has 1 atom stereocenters. The largest absolute Gasteiger partial charge is 0.375 e. The number of carbonyl (C=O) groups is 1. The van der Waals surface area contributed by atoms with Crippen molar-refractivity contribution in [3.63, 3.8) is 0 Å². The first-order chi connectivity index (χ1) is 5.24. The van der Waals surface area contributed by atoms with Crippen LogP contribution in [0.1, 0.15) is 6.42 Å². The Labute approximate surface area is 66.3 Å². The van der Waals surface area contributed by atoms with Crippen molar-refractivity contribution in [1.82, 2.24) is 4.90 Å². The van der Waals surface area contributed by atoms with Gasteiger partial charge in [0, 0.05) is 26.2 Å². The maximum Gasteiger partial charge on any atom is 0.248 e. The predicted octanol–water partition coefficient (Wildman–Crippen LogP) is -0.808. The highest BCUT2D eigenvalue weighted by molar-refractivity contribution is 5.77. The maximum absolute atomic E-state index is 11.1. The summed E-state index contributed by atoms with van der Waals surface area (Å²) in [7, 11) is 1.52. The molecule has 1 aliphatic heterocycles. The standard InChI is InChI=1S/C7H14N2O2/c1-11-5-7(10)9-3-2-6(8)4-9/h6H,2-5,8H2,1H3/t6-/m0/s1. The number of ether oxygens (including phenoxy) is 1. The molecular weight excluding hydrogens is 144 g/mol. The first-order valence-electron chi connectivity index (χ1n) is 3.76. The zero-order valence-electron chi connectivity index (χ0n) is 6.75. The number of likely N-dealkylation sites (tertiary alicyclic amines) is 1. The molecule has 1 rings (SSSR count). The second kappa shape index (κ2) is 3.69. The fraction of sp³-hybridized carbons (Fsp3) is 0.857. The van der Waals surface area contributed by atoms with Crippen molar-refractivity contribution in [2.45, 2.75) is 12.5 Å². The van der Waals surface area contributed by atoms with Crippen LogP contribution in [0.3, 0.4) is 0 Å². The van der Waals surface area contributed by atoms with Gasteiger partial charge >= 0.3 is 0 Å². The van der Waals surface area contributed by atoms with Crippen molar-refractivity contribution >= 4 is 5.91 Å². The third-order valence-electron chi connectivity index (χ3n) is 1.85. The summed E-state index contributed by atoms with van der Waals surface area (Å²) in [5.41, 5.74) is 5.62. The van der Waals surface area contributed by atoms with Gasteiger partial charge in [-0.1, -0.05) is 0 Å². The average Bonchev–Trinajstić information content (AvgIpc) is 2.36. The van der Waals surface area contributed by atoms with Gasteiger partial charge in [-0.2, -0.15) is 0 Å². The van der Waals surface area contributed by atoms with Crippen molar-refractivity contribution in [2.75, 3.05) is 26.8 Å². The fourth-order valence-electron chi connectivity index (χ4n) is 1.23. The molecule has 0 radical (unpaired) electrons. The van der Waals surface area contributed by atoms with Gasteiger partial charge < -0.3 is 15.4 Å². The highest BCUT2D eigenvalue weighted by Crippen LogP contribution is 2.06. The highest BCUT2D eigenvalue weighted by Gasteiger charge is 2.22. The lowest BCUT2D eigenvalue weighted by molar-refractivity contribution is -0.134. The average molecular weight is 158 g/mol. The third-order valence-corrected chi connectivity index (χ3v) is 1.85.